The first-order valence-electron chi connectivity index (χ1n) is 3.86. The molecule has 5 nitrogen and oxygen atoms in total. The first kappa shape index (κ1) is 9.44. The van der Waals surface area contributed by atoms with Crippen molar-refractivity contribution >= 4 is 5.91 Å². The second kappa shape index (κ2) is 3.38. The zero-order chi connectivity index (χ0) is 9.30. The van der Waals surface area contributed by atoms with Crippen LogP contribution in [0, 0.1) is 0 Å². The van der Waals surface area contributed by atoms with Gasteiger partial charge in [-0.3, -0.25) is 9.63 Å². The molecule has 1 fully saturated rings. The molecule has 1 aliphatic rings. The minimum Gasteiger partial charge on any atom is -0.387 e. The van der Waals surface area contributed by atoms with Crippen LogP contribution in [0.3, 0.4) is 0 Å². The van der Waals surface area contributed by atoms with Crippen molar-refractivity contribution in [2.75, 3.05) is 6.61 Å². The molecule has 0 aromatic carbocycles. The lowest BCUT2D eigenvalue weighted by atomic mass is 10.1. The Morgan fingerprint density at radius 3 is 2.67 bits per heavy atom. The molecule has 0 spiro atoms. The lowest BCUT2D eigenvalue weighted by Gasteiger charge is -2.34. The third kappa shape index (κ3) is 1.57. The van der Waals surface area contributed by atoms with Gasteiger partial charge >= 0.3 is 0 Å². The Morgan fingerprint density at radius 2 is 2.17 bits per heavy atom. The Kier molecular flexibility index (Phi) is 2.66. The minimum absolute atomic E-state index is 0.0366. The molecule has 1 heterocycles. The van der Waals surface area contributed by atoms with Gasteiger partial charge in [0.15, 0.2) is 6.10 Å². The molecule has 0 aromatic heterocycles. The molecule has 0 aromatic rings. The summed E-state index contributed by atoms with van der Waals surface area (Å²) in [5, 5.41) is 19.3. The standard InChI is InChI=1S/C7H13NO4/c1-4(2)8-7(11)6(10)5(9)3-12-8/h4-6,9-10H,3H2,1-2H3/t5-,6-/m1/s1. The number of hydrogen-bond donors (Lipinski definition) is 2. The van der Waals surface area contributed by atoms with Gasteiger partial charge in [0.25, 0.3) is 5.91 Å². The van der Waals surface area contributed by atoms with E-state index >= 15 is 0 Å². The van der Waals surface area contributed by atoms with Crippen LogP contribution in [0.15, 0.2) is 0 Å². The zero-order valence-corrected chi connectivity index (χ0v) is 7.10. The van der Waals surface area contributed by atoms with Crippen LogP contribution in [-0.2, 0) is 9.63 Å². The zero-order valence-electron chi connectivity index (χ0n) is 7.10. The van der Waals surface area contributed by atoms with E-state index in [4.69, 9.17) is 15.1 Å². The van der Waals surface area contributed by atoms with Crippen LogP contribution in [0.5, 0.6) is 0 Å². The van der Waals surface area contributed by atoms with Gasteiger partial charge in [0.2, 0.25) is 0 Å². The first-order valence-corrected chi connectivity index (χ1v) is 3.86. The van der Waals surface area contributed by atoms with Crippen LogP contribution in [-0.4, -0.2) is 46.0 Å². The highest BCUT2D eigenvalue weighted by Gasteiger charge is 2.36. The number of rotatable bonds is 1. The predicted molar refractivity (Wildman–Crippen MR) is 39.9 cm³/mol. The summed E-state index contributed by atoms with van der Waals surface area (Å²) in [4.78, 5) is 16.1. The number of hydrogen-bond acceptors (Lipinski definition) is 4. The molecular formula is C7H13NO4. The third-order valence-corrected chi connectivity index (χ3v) is 1.69. The van der Waals surface area contributed by atoms with Crippen LogP contribution in [0.25, 0.3) is 0 Å². The van der Waals surface area contributed by atoms with Gasteiger partial charge in [0, 0.05) is 0 Å². The normalized spacial score (nSPS) is 31.4. The lowest BCUT2D eigenvalue weighted by Crippen LogP contribution is -2.54. The van der Waals surface area contributed by atoms with Gasteiger partial charge in [0.05, 0.1) is 6.04 Å². The van der Waals surface area contributed by atoms with Crippen LogP contribution < -0.4 is 0 Å². The van der Waals surface area contributed by atoms with Crippen molar-refractivity contribution in [3.8, 4) is 0 Å². The fraction of sp³-hybridized carbons (Fsp3) is 0.857. The largest absolute Gasteiger partial charge is 0.387 e. The smallest absolute Gasteiger partial charge is 0.277 e. The van der Waals surface area contributed by atoms with Crippen molar-refractivity contribution in [3.63, 3.8) is 0 Å². The molecule has 0 saturated carbocycles. The molecule has 1 amide bonds. The van der Waals surface area contributed by atoms with E-state index in [0.29, 0.717) is 0 Å². The average Bonchev–Trinajstić information content (AvgIpc) is 2.00. The van der Waals surface area contributed by atoms with E-state index in [2.05, 4.69) is 0 Å². The number of nitrogens with zero attached hydrogens (tertiary/aromatic N) is 1. The Labute approximate surface area is 70.5 Å². The number of hydroxylamine groups is 2. The molecule has 0 radical (unpaired) electrons. The van der Waals surface area contributed by atoms with E-state index in [9.17, 15) is 4.79 Å². The van der Waals surface area contributed by atoms with E-state index in [1.54, 1.807) is 13.8 Å². The predicted octanol–water partition coefficient (Wildman–Crippen LogP) is -1.11. The van der Waals surface area contributed by atoms with Gasteiger partial charge < -0.3 is 10.2 Å². The molecule has 2 N–H and O–H groups in total. The van der Waals surface area contributed by atoms with Gasteiger partial charge in [-0.15, -0.1) is 0 Å². The van der Waals surface area contributed by atoms with Gasteiger partial charge in [-0.1, -0.05) is 0 Å². The number of aliphatic hydroxyl groups is 2. The maximum Gasteiger partial charge on any atom is 0.277 e. The van der Waals surface area contributed by atoms with E-state index in [0.717, 1.165) is 5.06 Å². The van der Waals surface area contributed by atoms with Gasteiger partial charge in [0.1, 0.15) is 12.7 Å². The highest BCUT2D eigenvalue weighted by Crippen LogP contribution is 2.12. The highest BCUT2D eigenvalue weighted by molar-refractivity contribution is 5.81. The summed E-state index contributed by atoms with van der Waals surface area (Å²) >= 11 is 0. The summed E-state index contributed by atoms with van der Waals surface area (Å²) in [5.74, 6) is -0.580. The molecule has 1 rings (SSSR count). The van der Waals surface area contributed by atoms with Crippen LogP contribution in [0.2, 0.25) is 0 Å². The van der Waals surface area contributed by atoms with Crippen molar-refractivity contribution in [2.24, 2.45) is 0 Å². The molecule has 2 atom stereocenters. The molecule has 0 unspecified atom stereocenters. The molecule has 70 valence electrons. The average molecular weight is 175 g/mol. The fourth-order valence-electron chi connectivity index (χ4n) is 1.01. The third-order valence-electron chi connectivity index (χ3n) is 1.69. The van der Waals surface area contributed by atoms with Crippen LogP contribution >= 0.6 is 0 Å². The highest BCUT2D eigenvalue weighted by atomic mass is 16.7. The van der Waals surface area contributed by atoms with Gasteiger partial charge in [-0.25, -0.2) is 5.06 Å². The summed E-state index contributed by atoms with van der Waals surface area (Å²) in [7, 11) is 0. The van der Waals surface area contributed by atoms with Crippen molar-refractivity contribution < 1.29 is 19.8 Å². The Bertz CT molecular complexity index is 182. The number of amides is 1. The van der Waals surface area contributed by atoms with Crippen molar-refractivity contribution in [2.45, 2.75) is 32.1 Å². The molecule has 1 aliphatic heterocycles. The second-order valence-corrected chi connectivity index (χ2v) is 3.07. The molecular weight excluding hydrogens is 162 g/mol. The first-order chi connectivity index (χ1) is 5.54. The molecule has 1 saturated heterocycles. The topological polar surface area (TPSA) is 70.0 Å². The van der Waals surface area contributed by atoms with Gasteiger partial charge in [-0.2, -0.15) is 0 Å². The van der Waals surface area contributed by atoms with E-state index < -0.39 is 18.1 Å². The number of carbonyl (C=O) groups is 1. The fourth-order valence-corrected chi connectivity index (χ4v) is 1.01. The Balaban J connectivity index is 2.65. The van der Waals surface area contributed by atoms with E-state index in [1.165, 1.54) is 0 Å². The SMILES string of the molecule is CC(C)N1OC[C@@H](O)[C@@H](O)C1=O. The monoisotopic (exact) mass is 175 g/mol. The number of aliphatic hydroxyl groups excluding tert-OH is 2. The molecule has 5 heteroatoms. The minimum atomic E-state index is -1.35. The summed E-state index contributed by atoms with van der Waals surface area (Å²) in [6, 6.07) is -0.125. The Morgan fingerprint density at radius 1 is 1.58 bits per heavy atom. The van der Waals surface area contributed by atoms with E-state index in [-0.39, 0.29) is 12.6 Å². The van der Waals surface area contributed by atoms with Crippen LogP contribution in [0.4, 0.5) is 0 Å². The summed E-state index contributed by atoms with van der Waals surface area (Å²) in [5.41, 5.74) is 0. The van der Waals surface area contributed by atoms with Crippen molar-refractivity contribution in [3.05, 3.63) is 0 Å². The lowest BCUT2D eigenvalue weighted by molar-refractivity contribution is -0.243. The summed E-state index contributed by atoms with van der Waals surface area (Å²) in [6.07, 6.45) is -2.45. The molecule has 0 bridgehead atoms. The maximum absolute atomic E-state index is 11.2. The molecule has 12 heavy (non-hydrogen) atoms. The number of carbonyl (C=O) groups excluding carboxylic acids is 1. The summed E-state index contributed by atoms with van der Waals surface area (Å²) in [6.45, 7) is 3.50. The second-order valence-electron chi connectivity index (χ2n) is 3.07. The Hall–Kier alpha value is -0.650. The summed E-state index contributed by atoms with van der Waals surface area (Å²) < 4.78 is 0. The van der Waals surface area contributed by atoms with Crippen molar-refractivity contribution in [1.29, 1.82) is 0 Å². The van der Waals surface area contributed by atoms with Gasteiger partial charge in [-0.05, 0) is 13.8 Å². The van der Waals surface area contributed by atoms with Crippen molar-refractivity contribution in [1.82, 2.24) is 5.06 Å². The van der Waals surface area contributed by atoms with Crippen LogP contribution in [0.1, 0.15) is 13.8 Å². The maximum atomic E-state index is 11.2. The molecule has 0 aliphatic carbocycles. The quantitative estimate of drug-likeness (QED) is 0.530. The van der Waals surface area contributed by atoms with E-state index in [1.807, 2.05) is 0 Å².